The first-order chi connectivity index (χ1) is 21.9. The van der Waals surface area contributed by atoms with Crippen molar-refractivity contribution in [1.82, 2.24) is 9.38 Å². The van der Waals surface area contributed by atoms with Gasteiger partial charge in [-0.05, 0) is 124 Å². The molecule has 1 fully saturated rings. The summed E-state index contributed by atoms with van der Waals surface area (Å²) >= 11 is 0. The Morgan fingerprint density at radius 1 is 1.02 bits per heavy atom. The monoisotopic (exact) mass is 641 g/mol. The number of carbonyl (C=O) groups excluding carboxylic acids is 1. The minimum atomic E-state index is -4.71. The predicted molar refractivity (Wildman–Crippen MR) is 169 cm³/mol. The Morgan fingerprint density at radius 2 is 1.78 bits per heavy atom. The molecule has 0 saturated carbocycles. The Labute approximate surface area is 266 Å². The summed E-state index contributed by atoms with van der Waals surface area (Å²) < 4.78 is 72.2. The van der Waals surface area contributed by atoms with Gasteiger partial charge in [0, 0.05) is 30.9 Å². The van der Waals surface area contributed by atoms with Crippen LogP contribution in [0.5, 0.6) is 5.75 Å². The number of ketones is 1. The van der Waals surface area contributed by atoms with Crippen LogP contribution in [-0.4, -0.2) is 34.1 Å². The molecule has 46 heavy (non-hydrogen) atoms. The highest BCUT2D eigenvalue weighted by Gasteiger charge is 2.31. The molecule has 0 aliphatic carbocycles. The van der Waals surface area contributed by atoms with Gasteiger partial charge in [-0.1, -0.05) is 19.1 Å². The van der Waals surface area contributed by atoms with Gasteiger partial charge in [-0.2, -0.15) is 0 Å². The van der Waals surface area contributed by atoms with Crippen LogP contribution in [0.25, 0.3) is 5.65 Å². The number of Topliss-reactive ketones (excluding diaryl/α,β-unsaturated/α-hetero) is 1. The Morgan fingerprint density at radius 3 is 2.46 bits per heavy atom. The summed E-state index contributed by atoms with van der Waals surface area (Å²) in [6.07, 6.45) is 2.87. The molecule has 2 aromatic carbocycles. The molecular formula is C36H40F5N3O2. The zero-order valence-corrected chi connectivity index (χ0v) is 26.5. The lowest BCUT2D eigenvalue weighted by atomic mass is 9.86. The van der Waals surface area contributed by atoms with Crippen molar-refractivity contribution in [3.8, 4) is 5.75 Å². The van der Waals surface area contributed by atoms with Gasteiger partial charge in [0.05, 0.1) is 5.69 Å². The number of anilines is 1. The van der Waals surface area contributed by atoms with Crippen LogP contribution >= 0.6 is 0 Å². The zero-order valence-electron chi connectivity index (χ0n) is 26.5. The smallest absolute Gasteiger partial charge is 0.406 e. The second kappa shape index (κ2) is 14.2. The number of aryl methyl sites for hydroxylation is 4. The van der Waals surface area contributed by atoms with E-state index in [-0.39, 0.29) is 29.2 Å². The quantitative estimate of drug-likeness (QED) is 0.0879. The van der Waals surface area contributed by atoms with Gasteiger partial charge in [-0.3, -0.25) is 9.20 Å². The van der Waals surface area contributed by atoms with Crippen LogP contribution in [0.2, 0.25) is 0 Å². The maximum Gasteiger partial charge on any atom is 0.573 e. The number of benzene rings is 2. The van der Waals surface area contributed by atoms with Crippen LogP contribution in [0.3, 0.4) is 0 Å². The molecule has 1 aliphatic rings. The van der Waals surface area contributed by atoms with E-state index in [2.05, 4.69) is 21.5 Å². The standard InChI is InChI=1S/C36H40F5N3O2/c1-4-32-35(44-22-31(38)23(2)19-34(44)42-32)33(45)8-6-5-7-25-9-11-27(30(37)21-25)12-10-26-17-18-43(24(3)20-26)28-13-15-29(16-14-28)46-36(39,40)41/h9,11,13-16,19,21-22,24,26H,4-8,10,12,17-18,20H2,1-3H3/t24-,26?/m0/s1. The minimum absolute atomic E-state index is 0.0669. The zero-order chi connectivity index (χ0) is 33.0. The van der Waals surface area contributed by atoms with E-state index in [1.165, 1.54) is 18.3 Å². The molecule has 246 valence electrons. The molecular weight excluding hydrogens is 601 g/mol. The van der Waals surface area contributed by atoms with Crippen LogP contribution < -0.4 is 9.64 Å². The number of pyridine rings is 1. The van der Waals surface area contributed by atoms with Crippen LogP contribution in [-0.2, 0) is 19.3 Å². The maximum absolute atomic E-state index is 15.0. The van der Waals surface area contributed by atoms with Gasteiger partial charge >= 0.3 is 6.36 Å². The molecule has 1 unspecified atom stereocenters. The average molecular weight is 642 g/mol. The molecule has 0 bridgehead atoms. The van der Waals surface area contributed by atoms with Gasteiger partial charge in [0.25, 0.3) is 0 Å². The Kier molecular flexibility index (Phi) is 10.3. The summed E-state index contributed by atoms with van der Waals surface area (Å²) in [5, 5.41) is 0. The van der Waals surface area contributed by atoms with E-state index in [9.17, 15) is 22.4 Å². The topological polar surface area (TPSA) is 46.8 Å². The lowest BCUT2D eigenvalue weighted by molar-refractivity contribution is -0.274. The molecule has 2 aromatic heterocycles. The molecule has 3 heterocycles. The third-order valence-corrected chi connectivity index (χ3v) is 9.02. The Hall–Kier alpha value is -3.95. The normalized spacial score (nSPS) is 17.1. The van der Waals surface area contributed by atoms with Gasteiger partial charge in [0.2, 0.25) is 0 Å². The highest BCUT2D eigenvalue weighted by Crippen LogP contribution is 2.33. The highest BCUT2D eigenvalue weighted by molar-refractivity contribution is 5.96. The number of imidazole rings is 1. The van der Waals surface area contributed by atoms with Crippen LogP contribution in [0, 0.1) is 24.5 Å². The van der Waals surface area contributed by atoms with Gasteiger partial charge in [-0.25, -0.2) is 13.8 Å². The van der Waals surface area contributed by atoms with Crippen molar-refractivity contribution in [2.45, 2.75) is 91.0 Å². The van der Waals surface area contributed by atoms with E-state index in [0.29, 0.717) is 66.2 Å². The lowest BCUT2D eigenvalue weighted by Crippen LogP contribution is -2.41. The fraction of sp³-hybridized carbons (Fsp3) is 0.444. The number of rotatable bonds is 12. The minimum Gasteiger partial charge on any atom is -0.406 e. The molecule has 0 radical (unpaired) electrons. The van der Waals surface area contributed by atoms with E-state index < -0.39 is 6.36 Å². The molecule has 0 spiro atoms. The summed E-state index contributed by atoms with van der Waals surface area (Å²) in [4.78, 5) is 19.8. The molecule has 5 rings (SSSR count). The number of hydrogen-bond acceptors (Lipinski definition) is 4. The van der Waals surface area contributed by atoms with Crippen molar-refractivity contribution in [2.75, 3.05) is 11.4 Å². The van der Waals surface area contributed by atoms with Gasteiger partial charge in [0.15, 0.2) is 5.78 Å². The summed E-state index contributed by atoms with van der Waals surface area (Å²) in [6, 6.07) is 13.3. The number of hydrogen-bond donors (Lipinski definition) is 0. The first-order valence-electron chi connectivity index (χ1n) is 16.0. The van der Waals surface area contributed by atoms with Crippen molar-refractivity contribution < 1.29 is 31.5 Å². The van der Waals surface area contributed by atoms with E-state index in [0.717, 1.165) is 43.5 Å². The molecule has 0 N–H and O–H groups in total. The fourth-order valence-electron chi connectivity index (χ4n) is 6.55. The van der Waals surface area contributed by atoms with Gasteiger partial charge in [0.1, 0.15) is 28.7 Å². The lowest BCUT2D eigenvalue weighted by Gasteiger charge is -2.39. The van der Waals surface area contributed by atoms with Crippen LogP contribution in [0.1, 0.15) is 85.2 Å². The van der Waals surface area contributed by atoms with E-state index in [1.54, 1.807) is 35.6 Å². The molecule has 4 aromatic rings. The van der Waals surface area contributed by atoms with Crippen LogP contribution in [0.15, 0.2) is 54.7 Å². The second-order valence-electron chi connectivity index (χ2n) is 12.4. The molecule has 1 aliphatic heterocycles. The number of halogens is 5. The fourth-order valence-corrected chi connectivity index (χ4v) is 6.55. The number of nitrogens with zero attached hydrogens (tertiary/aromatic N) is 3. The summed E-state index contributed by atoms with van der Waals surface area (Å²) in [6.45, 7) is 6.49. The number of piperidine rings is 1. The molecule has 2 atom stereocenters. The largest absolute Gasteiger partial charge is 0.573 e. The van der Waals surface area contributed by atoms with E-state index in [1.807, 2.05) is 19.1 Å². The molecule has 1 saturated heterocycles. The average Bonchev–Trinajstić information content (AvgIpc) is 3.36. The number of ether oxygens (including phenoxy) is 1. The third kappa shape index (κ3) is 8.06. The van der Waals surface area contributed by atoms with Crippen molar-refractivity contribution in [2.24, 2.45) is 5.92 Å². The second-order valence-corrected chi connectivity index (χ2v) is 12.4. The van der Waals surface area contributed by atoms with Crippen molar-refractivity contribution in [3.05, 3.63) is 94.4 Å². The van der Waals surface area contributed by atoms with Gasteiger partial charge < -0.3 is 9.64 Å². The number of carbonyl (C=O) groups is 1. The number of aromatic nitrogens is 2. The van der Waals surface area contributed by atoms with E-state index >= 15 is 4.39 Å². The predicted octanol–water partition coefficient (Wildman–Crippen LogP) is 9.22. The first-order valence-corrected chi connectivity index (χ1v) is 16.0. The summed E-state index contributed by atoms with van der Waals surface area (Å²) in [5.74, 6) is -0.463. The van der Waals surface area contributed by atoms with Crippen molar-refractivity contribution in [1.29, 1.82) is 0 Å². The summed E-state index contributed by atoms with van der Waals surface area (Å²) in [5.41, 5.74) is 4.61. The highest BCUT2D eigenvalue weighted by atomic mass is 19.4. The van der Waals surface area contributed by atoms with Crippen molar-refractivity contribution in [3.63, 3.8) is 0 Å². The molecule has 10 heteroatoms. The SMILES string of the molecule is CCc1nc2cc(C)c(F)cn2c1C(=O)CCCCc1ccc(CCC2CCN(c3ccc(OC(F)(F)F)cc3)[C@@H](C)C2)c(F)c1. The van der Waals surface area contributed by atoms with Crippen molar-refractivity contribution >= 4 is 17.1 Å². The first kappa shape index (κ1) is 33.4. The van der Waals surface area contributed by atoms with E-state index in [4.69, 9.17) is 0 Å². The molecule has 5 nitrogen and oxygen atoms in total. The number of alkyl halides is 3. The molecule has 0 amide bonds. The summed E-state index contributed by atoms with van der Waals surface area (Å²) in [7, 11) is 0. The number of unbranched alkanes of at least 4 members (excludes halogenated alkanes) is 1. The number of fused-ring (bicyclic) bond motifs is 1. The third-order valence-electron chi connectivity index (χ3n) is 9.02. The van der Waals surface area contributed by atoms with Gasteiger partial charge in [-0.15, -0.1) is 13.2 Å². The maximum atomic E-state index is 15.0. The Bertz CT molecular complexity index is 1670. The Balaban J connectivity index is 1.07. The van der Waals surface area contributed by atoms with Crippen LogP contribution in [0.4, 0.5) is 27.6 Å².